The molecule has 3 aromatic rings. The molecule has 0 amide bonds. The number of hydrogen-bond acceptors (Lipinski definition) is 4. The minimum absolute atomic E-state index is 0. The molecule has 0 spiro atoms. The van der Waals surface area contributed by atoms with Crippen molar-refractivity contribution >= 4 is 46.7 Å². The molecule has 0 unspecified atom stereocenters. The zero-order valence-electron chi connectivity index (χ0n) is 17.2. The second-order valence-electron chi connectivity index (χ2n) is 6.19. The van der Waals surface area contributed by atoms with E-state index in [1.54, 1.807) is 7.11 Å². The Morgan fingerprint density at radius 2 is 1.93 bits per heavy atom. The Morgan fingerprint density at radius 1 is 1.14 bits per heavy atom. The van der Waals surface area contributed by atoms with Crippen LogP contribution in [0.4, 0.5) is 5.69 Å². The van der Waals surface area contributed by atoms with Crippen molar-refractivity contribution in [3.63, 3.8) is 0 Å². The van der Waals surface area contributed by atoms with Gasteiger partial charge in [0.05, 0.1) is 24.8 Å². The first kappa shape index (κ1) is 22.8. The van der Waals surface area contributed by atoms with E-state index in [0.29, 0.717) is 30.6 Å². The first-order chi connectivity index (χ1) is 13.7. The summed E-state index contributed by atoms with van der Waals surface area (Å²) in [5.74, 6) is 2.99. The van der Waals surface area contributed by atoms with Crippen LogP contribution in [0.1, 0.15) is 19.7 Å². The third-order valence-corrected chi connectivity index (χ3v) is 4.33. The van der Waals surface area contributed by atoms with Gasteiger partial charge in [-0.25, -0.2) is 9.98 Å². The molecule has 2 aromatic carbocycles. The molecule has 1 heterocycles. The molecular formula is C21H28IN5O2. The molecule has 0 aliphatic rings. The van der Waals surface area contributed by atoms with Crippen molar-refractivity contribution in [3.8, 4) is 11.5 Å². The van der Waals surface area contributed by atoms with Gasteiger partial charge >= 0.3 is 0 Å². The molecule has 8 heteroatoms. The Hall–Kier alpha value is -2.49. The second kappa shape index (κ2) is 10.9. The number of ether oxygens (including phenoxy) is 2. The molecule has 7 nitrogen and oxygen atoms in total. The Morgan fingerprint density at radius 3 is 2.62 bits per heavy atom. The summed E-state index contributed by atoms with van der Waals surface area (Å²) in [6.07, 6.45) is 0. The quantitative estimate of drug-likeness (QED) is 0.284. The topological polar surface area (TPSA) is 72.7 Å². The average molecular weight is 509 g/mol. The number of anilines is 1. The van der Waals surface area contributed by atoms with Gasteiger partial charge in [-0.2, -0.15) is 0 Å². The van der Waals surface area contributed by atoms with E-state index in [4.69, 9.17) is 14.5 Å². The molecule has 0 aliphatic carbocycles. The standard InChI is InChI=1S/C21H27N5O2.HI/c1-5-22-21(24-15-11-12-18(27-4)19(13-15)28-6-2)23-14-20-25-16-9-7-8-10-17(16)26(20)3;/h7-13H,5-6,14H2,1-4H3,(H2,22,23,24);1H. The van der Waals surface area contributed by atoms with Gasteiger partial charge in [0.1, 0.15) is 12.4 Å². The molecule has 156 valence electrons. The van der Waals surface area contributed by atoms with E-state index >= 15 is 0 Å². The maximum absolute atomic E-state index is 5.65. The highest BCUT2D eigenvalue weighted by Gasteiger charge is 2.09. The third kappa shape index (κ3) is 5.53. The van der Waals surface area contributed by atoms with Crippen molar-refractivity contribution in [1.82, 2.24) is 14.9 Å². The largest absolute Gasteiger partial charge is 0.493 e. The number of nitrogens with zero attached hydrogens (tertiary/aromatic N) is 3. The van der Waals surface area contributed by atoms with Gasteiger partial charge in [-0.05, 0) is 38.1 Å². The molecule has 0 saturated carbocycles. The molecule has 0 fully saturated rings. The number of rotatable bonds is 7. The average Bonchev–Trinajstić information content (AvgIpc) is 3.03. The van der Waals surface area contributed by atoms with Gasteiger partial charge in [0.15, 0.2) is 17.5 Å². The summed E-state index contributed by atoms with van der Waals surface area (Å²) in [6, 6.07) is 13.8. The zero-order chi connectivity index (χ0) is 19.9. The summed E-state index contributed by atoms with van der Waals surface area (Å²) in [5.41, 5.74) is 2.95. The van der Waals surface area contributed by atoms with Crippen LogP contribution in [-0.4, -0.2) is 35.8 Å². The number of fused-ring (bicyclic) bond motifs is 1. The number of guanidine groups is 1. The Bertz CT molecular complexity index is 971. The molecular weight excluding hydrogens is 481 g/mol. The van der Waals surface area contributed by atoms with Crippen molar-refractivity contribution in [2.75, 3.05) is 25.6 Å². The highest BCUT2D eigenvalue weighted by atomic mass is 127. The fourth-order valence-corrected chi connectivity index (χ4v) is 2.95. The van der Waals surface area contributed by atoms with Gasteiger partial charge in [-0.3, -0.25) is 0 Å². The number of aromatic nitrogens is 2. The van der Waals surface area contributed by atoms with E-state index in [1.165, 1.54) is 0 Å². The lowest BCUT2D eigenvalue weighted by atomic mass is 10.2. The van der Waals surface area contributed by atoms with Crippen molar-refractivity contribution in [2.24, 2.45) is 12.0 Å². The number of hydrogen-bond donors (Lipinski definition) is 2. The van der Waals surface area contributed by atoms with Crippen molar-refractivity contribution in [1.29, 1.82) is 0 Å². The Kier molecular flexibility index (Phi) is 8.56. The van der Waals surface area contributed by atoms with Crippen molar-refractivity contribution in [3.05, 3.63) is 48.3 Å². The van der Waals surface area contributed by atoms with Gasteiger partial charge in [-0.1, -0.05) is 12.1 Å². The zero-order valence-corrected chi connectivity index (χ0v) is 19.6. The molecule has 0 bridgehead atoms. The number of para-hydroxylation sites is 2. The molecule has 2 N–H and O–H groups in total. The Labute approximate surface area is 188 Å². The molecule has 29 heavy (non-hydrogen) atoms. The second-order valence-corrected chi connectivity index (χ2v) is 6.19. The van der Waals surface area contributed by atoms with Gasteiger partial charge in [0.2, 0.25) is 0 Å². The summed E-state index contributed by atoms with van der Waals surface area (Å²) in [5, 5.41) is 6.58. The lowest BCUT2D eigenvalue weighted by molar-refractivity contribution is 0.311. The minimum Gasteiger partial charge on any atom is -0.493 e. The Balaban J connectivity index is 0.00000300. The molecule has 3 rings (SSSR count). The lowest BCUT2D eigenvalue weighted by Crippen LogP contribution is -2.30. The maximum atomic E-state index is 5.65. The normalized spacial score (nSPS) is 11.1. The fourth-order valence-electron chi connectivity index (χ4n) is 2.95. The van der Waals surface area contributed by atoms with E-state index < -0.39 is 0 Å². The number of methoxy groups -OCH3 is 1. The highest BCUT2D eigenvalue weighted by Crippen LogP contribution is 2.30. The SMILES string of the molecule is CCNC(=NCc1nc2ccccc2n1C)Nc1ccc(OC)c(OCC)c1.I. The smallest absolute Gasteiger partial charge is 0.196 e. The van der Waals surface area contributed by atoms with Crippen LogP contribution in [0.5, 0.6) is 11.5 Å². The summed E-state index contributed by atoms with van der Waals surface area (Å²) in [4.78, 5) is 9.37. The molecule has 0 aliphatic heterocycles. The number of benzene rings is 2. The van der Waals surface area contributed by atoms with Gasteiger partial charge in [0, 0.05) is 25.3 Å². The van der Waals surface area contributed by atoms with Crippen LogP contribution < -0.4 is 20.1 Å². The molecule has 1 aromatic heterocycles. The van der Waals surface area contributed by atoms with E-state index in [9.17, 15) is 0 Å². The fraction of sp³-hybridized carbons (Fsp3) is 0.333. The highest BCUT2D eigenvalue weighted by molar-refractivity contribution is 14.0. The van der Waals surface area contributed by atoms with Crippen LogP contribution in [0.3, 0.4) is 0 Å². The summed E-state index contributed by atoms with van der Waals surface area (Å²) < 4.78 is 13.1. The first-order valence-electron chi connectivity index (χ1n) is 9.42. The van der Waals surface area contributed by atoms with E-state index in [2.05, 4.69) is 26.3 Å². The third-order valence-electron chi connectivity index (χ3n) is 4.33. The van der Waals surface area contributed by atoms with Gasteiger partial charge in [0.25, 0.3) is 0 Å². The maximum Gasteiger partial charge on any atom is 0.196 e. The van der Waals surface area contributed by atoms with Crippen LogP contribution in [0.15, 0.2) is 47.5 Å². The van der Waals surface area contributed by atoms with Gasteiger partial charge < -0.3 is 24.7 Å². The minimum atomic E-state index is 0. The summed E-state index contributed by atoms with van der Waals surface area (Å²) in [6.45, 7) is 5.77. The predicted molar refractivity (Wildman–Crippen MR) is 129 cm³/mol. The van der Waals surface area contributed by atoms with Crippen molar-refractivity contribution in [2.45, 2.75) is 20.4 Å². The lowest BCUT2D eigenvalue weighted by Gasteiger charge is -2.14. The van der Waals surface area contributed by atoms with Crippen molar-refractivity contribution < 1.29 is 9.47 Å². The number of imidazole rings is 1. The number of aliphatic imine (C=N–C) groups is 1. The summed E-state index contributed by atoms with van der Waals surface area (Å²) in [7, 11) is 3.64. The molecule has 0 radical (unpaired) electrons. The molecule has 0 saturated heterocycles. The predicted octanol–water partition coefficient (Wildman–Crippen LogP) is 4.18. The van der Waals surface area contributed by atoms with E-state index in [1.807, 2.05) is 57.3 Å². The van der Waals surface area contributed by atoms with E-state index in [-0.39, 0.29) is 24.0 Å². The van der Waals surface area contributed by atoms with Gasteiger partial charge in [-0.15, -0.1) is 24.0 Å². The first-order valence-corrected chi connectivity index (χ1v) is 9.42. The van der Waals surface area contributed by atoms with Crippen LogP contribution >= 0.6 is 24.0 Å². The van der Waals surface area contributed by atoms with Crippen LogP contribution in [0, 0.1) is 0 Å². The van der Waals surface area contributed by atoms with Crippen LogP contribution in [-0.2, 0) is 13.6 Å². The van der Waals surface area contributed by atoms with Crippen LogP contribution in [0.2, 0.25) is 0 Å². The number of halogens is 1. The van der Waals surface area contributed by atoms with E-state index in [0.717, 1.165) is 29.1 Å². The number of aryl methyl sites for hydroxylation is 1. The molecule has 0 atom stereocenters. The number of nitrogens with one attached hydrogen (secondary N) is 2. The monoisotopic (exact) mass is 509 g/mol. The summed E-state index contributed by atoms with van der Waals surface area (Å²) >= 11 is 0. The van der Waals surface area contributed by atoms with Crippen LogP contribution in [0.25, 0.3) is 11.0 Å².